The second-order valence-corrected chi connectivity index (χ2v) is 6.46. The lowest BCUT2D eigenvalue weighted by molar-refractivity contribution is 0.0760. The van der Waals surface area contributed by atoms with Crippen LogP contribution in [0.1, 0.15) is 61.3 Å². The molecule has 3 rings (SSSR count). The Morgan fingerprint density at radius 2 is 2.36 bits per heavy atom. The quantitative estimate of drug-likeness (QED) is 0.813. The number of nitrogens with zero attached hydrogens (tertiary/aromatic N) is 4. The maximum absolute atomic E-state index is 5.61. The van der Waals surface area contributed by atoms with Gasteiger partial charge in [-0.1, -0.05) is 5.16 Å². The fourth-order valence-electron chi connectivity index (χ4n) is 2.87. The maximum atomic E-state index is 5.61. The van der Waals surface area contributed by atoms with Crippen molar-refractivity contribution in [2.45, 2.75) is 52.3 Å². The van der Waals surface area contributed by atoms with Gasteiger partial charge in [-0.2, -0.15) is 4.98 Å². The molecule has 1 aliphatic heterocycles. The number of aryl methyl sites for hydroxylation is 1. The highest BCUT2D eigenvalue weighted by Crippen LogP contribution is 2.32. The lowest BCUT2D eigenvalue weighted by atomic mass is 10.2. The van der Waals surface area contributed by atoms with E-state index in [1.807, 2.05) is 20.8 Å². The van der Waals surface area contributed by atoms with Gasteiger partial charge in [-0.25, -0.2) is 4.98 Å². The van der Waals surface area contributed by atoms with E-state index in [1.54, 1.807) is 11.3 Å². The first-order valence-corrected chi connectivity index (χ1v) is 8.65. The molecule has 0 unspecified atom stereocenters. The number of thiazole rings is 1. The van der Waals surface area contributed by atoms with Gasteiger partial charge >= 0.3 is 0 Å². The van der Waals surface area contributed by atoms with E-state index in [0.717, 1.165) is 42.5 Å². The van der Waals surface area contributed by atoms with Crippen LogP contribution in [0.25, 0.3) is 0 Å². The van der Waals surface area contributed by atoms with Crippen LogP contribution in [0.15, 0.2) is 9.90 Å². The van der Waals surface area contributed by atoms with Gasteiger partial charge in [-0.15, -0.1) is 11.3 Å². The molecule has 1 saturated heterocycles. The third kappa shape index (κ3) is 3.37. The SMILES string of the molecule is CCO[C@H](C)c1nc(CN2CCC[C@@H]2c2noc(C)n2)cs1. The molecule has 0 aromatic carbocycles. The summed E-state index contributed by atoms with van der Waals surface area (Å²) < 4.78 is 10.7. The van der Waals surface area contributed by atoms with Crippen LogP contribution in [-0.2, 0) is 11.3 Å². The third-order valence-electron chi connectivity index (χ3n) is 3.90. The molecule has 2 aromatic heterocycles. The molecular formula is C15H22N4O2S. The van der Waals surface area contributed by atoms with Crippen molar-refractivity contribution in [1.82, 2.24) is 20.0 Å². The fourth-order valence-corrected chi connectivity index (χ4v) is 3.68. The first-order valence-electron chi connectivity index (χ1n) is 7.77. The topological polar surface area (TPSA) is 64.3 Å². The van der Waals surface area contributed by atoms with Gasteiger partial charge in [0.1, 0.15) is 11.1 Å². The third-order valence-corrected chi connectivity index (χ3v) is 4.96. The van der Waals surface area contributed by atoms with Crippen molar-refractivity contribution in [3.05, 3.63) is 27.8 Å². The second-order valence-electron chi connectivity index (χ2n) is 5.57. The van der Waals surface area contributed by atoms with Crippen molar-refractivity contribution in [2.75, 3.05) is 13.2 Å². The minimum absolute atomic E-state index is 0.0676. The number of hydrogen-bond acceptors (Lipinski definition) is 7. The van der Waals surface area contributed by atoms with Crippen LogP contribution < -0.4 is 0 Å². The molecule has 1 aliphatic rings. The van der Waals surface area contributed by atoms with Gasteiger partial charge in [-0.05, 0) is 33.2 Å². The van der Waals surface area contributed by atoms with Gasteiger partial charge in [0, 0.05) is 25.5 Å². The predicted molar refractivity (Wildman–Crippen MR) is 83.6 cm³/mol. The molecular weight excluding hydrogens is 300 g/mol. The molecule has 2 aromatic rings. The van der Waals surface area contributed by atoms with Gasteiger partial charge in [0.05, 0.1) is 11.7 Å². The molecule has 0 aliphatic carbocycles. The molecule has 3 heterocycles. The number of hydrogen-bond donors (Lipinski definition) is 0. The molecule has 7 heteroatoms. The van der Waals surface area contributed by atoms with Gasteiger partial charge in [-0.3, -0.25) is 4.90 Å². The van der Waals surface area contributed by atoms with E-state index in [4.69, 9.17) is 14.2 Å². The highest BCUT2D eigenvalue weighted by Gasteiger charge is 2.30. The monoisotopic (exact) mass is 322 g/mol. The summed E-state index contributed by atoms with van der Waals surface area (Å²) in [4.78, 5) is 11.5. The van der Waals surface area contributed by atoms with E-state index in [2.05, 4.69) is 20.4 Å². The molecule has 22 heavy (non-hydrogen) atoms. The highest BCUT2D eigenvalue weighted by molar-refractivity contribution is 7.09. The van der Waals surface area contributed by atoms with Crippen molar-refractivity contribution < 1.29 is 9.26 Å². The molecule has 2 atom stereocenters. The molecule has 0 radical (unpaired) electrons. The van der Waals surface area contributed by atoms with Crippen LogP contribution in [-0.4, -0.2) is 33.2 Å². The van der Waals surface area contributed by atoms with Crippen molar-refractivity contribution in [1.29, 1.82) is 0 Å². The van der Waals surface area contributed by atoms with E-state index < -0.39 is 0 Å². The summed E-state index contributed by atoms with van der Waals surface area (Å²) in [5, 5.41) is 7.25. The van der Waals surface area contributed by atoms with Gasteiger partial charge < -0.3 is 9.26 Å². The summed E-state index contributed by atoms with van der Waals surface area (Å²) >= 11 is 1.67. The first-order chi connectivity index (χ1) is 10.7. The number of likely N-dealkylation sites (tertiary alicyclic amines) is 1. The van der Waals surface area contributed by atoms with Crippen molar-refractivity contribution in [3.8, 4) is 0 Å². The lowest BCUT2D eigenvalue weighted by Crippen LogP contribution is -2.23. The number of aromatic nitrogens is 3. The summed E-state index contributed by atoms with van der Waals surface area (Å²) in [5.41, 5.74) is 1.10. The maximum Gasteiger partial charge on any atom is 0.223 e. The fraction of sp³-hybridized carbons (Fsp3) is 0.667. The first kappa shape index (κ1) is 15.6. The Hall–Kier alpha value is -1.31. The zero-order chi connectivity index (χ0) is 15.5. The van der Waals surface area contributed by atoms with Gasteiger partial charge in [0.15, 0.2) is 5.82 Å². The van der Waals surface area contributed by atoms with Crippen molar-refractivity contribution in [3.63, 3.8) is 0 Å². The molecule has 0 spiro atoms. The van der Waals surface area contributed by atoms with Crippen LogP contribution >= 0.6 is 11.3 Å². The van der Waals surface area contributed by atoms with E-state index >= 15 is 0 Å². The summed E-state index contributed by atoms with van der Waals surface area (Å²) in [6.07, 6.45) is 2.30. The Morgan fingerprint density at radius 1 is 1.50 bits per heavy atom. The van der Waals surface area contributed by atoms with Crippen LogP contribution in [0, 0.1) is 6.92 Å². The Morgan fingerprint density at radius 3 is 3.09 bits per heavy atom. The second kappa shape index (κ2) is 6.85. The number of rotatable bonds is 6. The van der Waals surface area contributed by atoms with Gasteiger partial charge in [0.25, 0.3) is 0 Å². The van der Waals surface area contributed by atoms with E-state index in [-0.39, 0.29) is 12.1 Å². The standard InChI is InChI=1S/C15H22N4O2S/c1-4-20-10(2)15-17-12(9-22-15)8-19-7-5-6-13(19)14-16-11(3)21-18-14/h9-10,13H,4-8H2,1-3H3/t10-,13-/m1/s1. The smallest absolute Gasteiger partial charge is 0.223 e. The minimum Gasteiger partial charge on any atom is -0.372 e. The van der Waals surface area contributed by atoms with E-state index in [0.29, 0.717) is 12.5 Å². The van der Waals surface area contributed by atoms with E-state index in [1.165, 1.54) is 0 Å². The Kier molecular flexibility index (Phi) is 4.85. The Bertz CT molecular complexity index is 612. The van der Waals surface area contributed by atoms with Crippen molar-refractivity contribution >= 4 is 11.3 Å². The van der Waals surface area contributed by atoms with Crippen LogP contribution in [0.5, 0.6) is 0 Å². The molecule has 120 valence electrons. The highest BCUT2D eigenvalue weighted by atomic mass is 32.1. The Labute approximate surface area is 134 Å². The molecule has 0 saturated carbocycles. The molecule has 6 nitrogen and oxygen atoms in total. The number of ether oxygens (including phenoxy) is 1. The summed E-state index contributed by atoms with van der Waals surface area (Å²) in [7, 11) is 0. The van der Waals surface area contributed by atoms with Crippen LogP contribution in [0.2, 0.25) is 0 Å². The van der Waals surface area contributed by atoms with Crippen LogP contribution in [0.3, 0.4) is 0 Å². The minimum atomic E-state index is 0.0676. The average molecular weight is 322 g/mol. The summed E-state index contributed by atoms with van der Waals surface area (Å²) in [5.74, 6) is 1.43. The van der Waals surface area contributed by atoms with Gasteiger partial charge in [0.2, 0.25) is 5.89 Å². The molecule has 0 amide bonds. The summed E-state index contributed by atoms with van der Waals surface area (Å²) in [6, 6.07) is 0.243. The Balaban J connectivity index is 1.67. The normalized spacial score (nSPS) is 20.6. The summed E-state index contributed by atoms with van der Waals surface area (Å²) in [6.45, 7) is 8.47. The van der Waals surface area contributed by atoms with Crippen molar-refractivity contribution in [2.24, 2.45) is 0 Å². The zero-order valence-corrected chi connectivity index (χ0v) is 14.1. The molecule has 1 fully saturated rings. The zero-order valence-electron chi connectivity index (χ0n) is 13.3. The lowest BCUT2D eigenvalue weighted by Gasteiger charge is -2.20. The molecule has 0 bridgehead atoms. The largest absolute Gasteiger partial charge is 0.372 e. The van der Waals surface area contributed by atoms with E-state index in [9.17, 15) is 0 Å². The van der Waals surface area contributed by atoms with Crippen LogP contribution in [0.4, 0.5) is 0 Å². The predicted octanol–water partition coefficient (Wildman–Crippen LogP) is 3.27. The molecule has 0 N–H and O–H groups in total. The average Bonchev–Trinajstić information content (AvgIpc) is 3.20.